The minimum atomic E-state index is -0.707. The third-order valence-corrected chi connectivity index (χ3v) is 7.00. The van der Waals surface area contributed by atoms with E-state index in [1.807, 2.05) is 0 Å². The van der Waals surface area contributed by atoms with Gasteiger partial charge in [-0.15, -0.1) is 22.7 Å². The number of carbonyl (C=O) groups excluding carboxylic acids is 3. The lowest BCUT2D eigenvalue weighted by Gasteiger charge is -2.11. The van der Waals surface area contributed by atoms with Crippen LogP contribution in [0.1, 0.15) is 43.3 Å². The van der Waals surface area contributed by atoms with Crippen LogP contribution in [0, 0.1) is 5.82 Å². The van der Waals surface area contributed by atoms with Crippen molar-refractivity contribution in [2.24, 2.45) is 5.73 Å². The van der Waals surface area contributed by atoms with Crippen LogP contribution in [0.15, 0.2) is 24.3 Å². The van der Waals surface area contributed by atoms with Crippen molar-refractivity contribution in [1.82, 2.24) is 0 Å². The molecular weight excluding hydrogens is 415 g/mol. The second-order valence-electron chi connectivity index (χ2n) is 6.67. The predicted octanol–water partition coefficient (Wildman–Crippen LogP) is 3.88. The van der Waals surface area contributed by atoms with Crippen LogP contribution in [-0.4, -0.2) is 24.4 Å². The number of anilines is 1. The number of rotatable bonds is 5. The number of halogens is 1. The van der Waals surface area contributed by atoms with E-state index in [0.717, 1.165) is 47.5 Å². The third-order valence-electron chi connectivity index (χ3n) is 4.71. The number of carbonyl (C=O) groups is 3. The van der Waals surface area contributed by atoms with Gasteiger partial charge >= 0.3 is 5.97 Å². The summed E-state index contributed by atoms with van der Waals surface area (Å²) in [5, 5.41) is 3.37. The Hall–Kier alpha value is -2.78. The van der Waals surface area contributed by atoms with Crippen LogP contribution in [0.25, 0.3) is 10.1 Å². The van der Waals surface area contributed by atoms with E-state index in [1.165, 1.54) is 23.5 Å². The molecule has 29 heavy (non-hydrogen) atoms. The van der Waals surface area contributed by atoms with Crippen LogP contribution in [0.2, 0.25) is 0 Å². The maximum atomic E-state index is 13.8. The number of ether oxygens (including phenoxy) is 1. The van der Waals surface area contributed by atoms with Gasteiger partial charge in [0.05, 0.1) is 5.56 Å². The van der Waals surface area contributed by atoms with Gasteiger partial charge in [0.1, 0.15) is 15.7 Å². The van der Waals surface area contributed by atoms with Crippen molar-refractivity contribution in [2.45, 2.75) is 25.7 Å². The highest BCUT2D eigenvalue weighted by Gasteiger charge is 2.25. The average molecular weight is 432 g/mol. The number of amides is 2. The fourth-order valence-corrected chi connectivity index (χ4v) is 5.69. The van der Waals surface area contributed by atoms with Gasteiger partial charge in [-0.05, 0) is 49.4 Å². The number of nitrogens with one attached hydrogen (secondary N) is 1. The van der Waals surface area contributed by atoms with Crippen molar-refractivity contribution in [2.75, 3.05) is 11.9 Å². The Kier molecular flexibility index (Phi) is 5.33. The molecule has 150 valence electrons. The van der Waals surface area contributed by atoms with Gasteiger partial charge in [0.25, 0.3) is 11.8 Å². The molecule has 0 saturated carbocycles. The summed E-state index contributed by atoms with van der Waals surface area (Å²) in [4.78, 5) is 37.6. The molecule has 1 aliphatic carbocycles. The Morgan fingerprint density at radius 1 is 1.17 bits per heavy atom. The highest BCUT2D eigenvalue weighted by molar-refractivity contribution is 7.20. The van der Waals surface area contributed by atoms with E-state index in [9.17, 15) is 18.8 Å². The quantitative estimate of drug-likeness (QED) is 0.598. The van der Waals surface area contributed by atoms with Gasteiger partial charge in [0, 0.05) is 15.0 Å². The molecule has 0 saturated heterocycles. The van der Waals surface area contributed by atoms with Crippen LogP contribution in [0.3, 0.4) is 0 Å². The molecule has 3 N–H and O–H groups in total. The van der Waals surface area contributed by atoms with Crippen LogP contribution >= 0.6 is 22.7 Å². The number of esters is 1. The van der Waals surface area contributed by atoms with E-state index in [1.54, 1.807) is 12.1 Å². The summed E-state index contributed by atoms with van der Waals surface area (Å²) in [5.41, 5.74) is 6.77. The van der Waals surface area contributed by atoms with Gasteiger partial charge in [-0.1, -0.05) is 6.07 Å². The molecule has 0 radical (unpaired) electrons. The lowest BCUT2D eigenvalue weighted by atomic mass is 9.95. The van der Waals surface area contributed by atoms with Crippen molar-refractivity contribution in [3.63, 3.8) is 0 Å². The van der Waals surface area contributed by atoms with Crippen LogP contribution in [-0.2, 0) is 22.4 Å². The van der Waals surface area contributed by atoms with Crippen molar-refractivity contribution >= 4 is 55.5 Å². The first-order valence-electron chi connectivity index (χ1n) is 9.03. The van der Waals surface area contributed by atoms with Gasteiger partial charge in [-0.2, -0.15) is 0 Å². The first kappa shape index (κ1) is 19.5. The van der Waals surface area contributed by atoms with Crippen molar-refractivity contribution in [3.05, 3.63) is 51.0 Å². The summed E-state index contributed by atoms with van der Waals surface area (Å²) >= 11 is 2.44. The molecule has 4 rings (SSSR count). The van der Waals surface area contributed by atoms with Crippen LogP contribution < -0.4 is 11.1 Å². The predicted molar refractivity (Wildman–Crippen MR) is 110 cm³/mol. The molecule has 2 amide bonds. The largest absolute Gasteiger partial charge is 0.451 e. The molecule has 1 aliphatic rings. The van der Waals surface area contributed by atoms with Crippen molar-refractivity contribution < 1.29 is 23.5 Å². The Labute approximate surface area is 173 Å². The number of fused-ring (bicyclic) bond motifs is 2. The molecule has 0 bridgehead atoms. The molecular formula is C20H17FN2O4S2. The topological polar surface area (TPSA) is 98.5 Å². The maximum absolute atomic E-state index is 13.8. The van der Waals surface area contributed by atoms with E-state index < -0.39 is 30.2 Å². The number of benzene rings is 1. The molecule has 6 nitrogen and oxygen atoms in total. The Morgan fingerprint density at radius 3 is 2.72 bits per heavy atom. The number of aryl methyl sites for hydroxylation is 1. The monoisotopic (exact) mass is 432 g/mol. The smallest absolute Gasteiger partial charge is 0.348 e. The van der Waals surface area contributed by atoms with E-state index in [4.69, 9.17) is 10.5 Å². The SMILES string of the molecule is NC(=O)c1c(NC(=O)COC(=O)c2cc3c(F)cccc3s2)sc2c1CCCC2. The zero-order valence-corrected chi connectivity index (χ0v) is 16.9. The van der Waals surface area contributed by atoms with Crippen molar-refractivity contribution in [1.29, 1.82) is 0 Å². The lowest BCUT2D eigenvalue weighted by Crippen LogP contribution is -2.22. The Morgan fingerprint density at radius 2 is 1.97 bits per heavy atom. The molecule has 1 aromatic carbocycles. The highest BCUT2D eigenvalue weighted by Crippen LogP contribution is 2.37. The molecule has 0 fully saturated rings. The summed E-state index contributed by atoms with van der Waals surface area (Å²) in [5.74, 6) is -2.27. The summed E-state index contributed by atoms with van der Waals surface area (Å²) in [6, 6.07) is 5.99. The lowest BCUT2D eigenvalue weighted by molar-refractivity contribution is -0.119. The van der Waals surface area contributed by atoms with E-state index in [2.05, 4.69) is 5.32 Å². The average Bonchev–Trinajstić information content (AvgIpc) is 3.28. The van der Waals surface area contributed by atoms with Crippen LogP contribution in [0.5, 0.6) is 0 Å². The number of thiophene rings is 2. The summed E-state index contributed by atoms with van der Waals surface area (Å²) < 4.78 is 19.5. The molecule has 0 aliphatic heterocycles. The second-order valence-corrected chi connectivity index (χ2v) is 8.85. The fraction of sp³-hybridized carbons (Fsp3) is 0.250. The zero-order valence-electron chi connectivity index (χ0n) is 15.2. The number of nitrogens with two attached hydrogens (primary N) is 1. The Balaban J connectivity index is 1.43. The zero-order chi connectivity index (χ0) is 20.5. The minimum Gasteiger partial charge on any atom is -0.451 e. The number of primary amides is 1. The highest BCUT2D eigenvalue weighted by atomic mass is 32.1. The first-order chi connectivity index (χ1) is 13.9. The second kappa shape index (κ2) is 7.92. The molecule has 0 unspecified atom stereocenters. The molecule has 0 atom stereocenters. The van der Waals surface area contributed by atoms with E-state index in [-0.39, 0.29) is 4.88 Å². The molecule has 0 spiro atoms. The Bertz CT molecular complexity index is 1140. The van der Waals surface area contributed by atoms with Gasteiger partial charge < -0.3 is 15.8 Å². The molecule has 3 aromatic rings. The van der Waals surface area contributed by atoms with E-state index in [0.29, 0.717) is 20.7 Å². The molecule has 9 heteroatoms. The van der Waals surface area contributed by atoms with Crippen LogP contribution in [0.4, 0.5) is 9.39 Å². The summed E-state index contributed by atoms with van der Waals surface area (Å²) in [7, 11) is 0. The molecule has 2 heterocycles. The van der Waals surface area contributed by atoms with Gasteiger partial charge in [-0.25, -0.2) is 9.18 Å². The molecule has 2 aromatic heterocycles. The minimum absolute atomic E-state index is 0.210. The standard InChI is InChI=1S/C20H17FN2O4S2/c21-12-5-3-7-14-11(12)8-15(28-14)20(26)27-9-16(24)23-19-17(18(22)25)10-4-1-2-6-13(10)29-19/h3,5,7-8H,1-2,4,6,9H2,(H2,22,25)(H,23,24). The van der Waals surface area contributed by atoms with Gasteiger partial charge in [0.2, 0.25) is 0 Å². The third kappa shape index (κ3) is 3.88. The number of hydrogen-bond acceptors (Lipinski definition) is 6. The van der Waals surface area contributed by atoms with Crippen molar-refractivity contribution in [3.8, 4) is 0 Å². The van der Waals surface area contributed by atoms with Gasteiger partial charge in [-0.3, -0.25) is 9.59 Å². The fourth-order valence-electron chi connectivity index (χ4n) is 3.41. The van der Waals surface area contributed by atoms with Gasteiger partial charge in [0.15, 0.2) is 6.61 Å². The normalized spacial score (nSPS) is 13.1. The maximum Gasteiger partial charge on any atom is 0.348 e. The van der Waals surface area contributed by atoms with E-state index >= 15 is 0 Å². The first-order valence-corrected chi connectivity index (χ1v) is 10.7. The summed E-state index contributed by atoms with van der Waals surface area (Å²) in [6.07, 6.45) is 3.63. The summed E-state index contributed by atoms with van der Waals surface area (Å²) in [6.45, 7) is -0.518. The number of hydrogen-bond donors (Lipinski definition) is 2.